The van der Waals surface area contributed by atoms with Gasteiger partial charge >= 0.3 is 0 Å². The number of benzene rings is 2. The Balaban J connectivity index is 0.000000595. The topological polar surface area (TPSA) is 12.0 Å². The molecule has 1 saturated carbocycles. The molecule has 0 saturated heterocycles. The number of rotatable bonds is 2. The van der Waals surface area contributed by atoms with Gasteiger partial charge in [0.05, 0.1) is 0 Å². The highest BCUT2D eigenvalue weighted by Crippen LogP contribution is 2.46. The Morgan fingerprint density at radius 3 is 1.48 bits per heavy atom. The maximum absolute atomic E-state index is 2.75. The van der Waals surface area contributed by atoms with Crippen LogP contribution in [0.15, 0.2) is 48.5 Å². The molecule has 3 rings (SSSR count). The Morgan fingerprint density at radius 1 is 0.696 bits per heavy atom. The molecule has 0 amide bonds. The summed E-state index contributed by atoms with van der Waals surface area (Å²) >= 11 is 0. The van der Waals surface area contributed by atoms with E-state index in [9.17, 15) is 0 Å². The minimum Gasteiger partial charge on any atom is -0.323 e. The average Bonchev–Trinajstić information content (AvgIpc) is 2.57. The third-order valence-corrected chi connectivity index (χ3v) is 5.03. The molecular weight excluding hydrogens is 278 g/mol. The highest BCUT2D eigenvalue weighted by Gasteiger charge is 2.37. The van der Waals surface area contributed by atoms with Gasteiger partial charge in [-0.05, 0) is 63.0 Å². The Labute approximate surface area is 142 Å². The molecule has 1 heteroatoms. The molecule has 124 valence electrons. The van der Waals surface area contributed by atoms with E-state index in [2.05, 4.69) is 67.7 Å². The van der Waals surface area contributed by atoms with Crippen LogP contribution in [0.3, 0.4) is 0 Å². The number of hydrogen-bond donors (Lipinski definition) is 1. The first-order valence-electron chi connectivity index (χ1n) is 8.86. The van der Waals surface area contributed by atoms with Gasteiger partial charge in [0, 0.05) is 5.41 Å². The lowest BCUT2D eigenvalue weighted by atomic mass is 9.63. The molecule has 1 nitrogen and oxygen atoms in total. The van der Waals surface area contributed by atoms with Crippen molar-refractivity contribution in [3.05, 3.63) is 70.8 Å². The third-order valence-electron chi connectivity index (χ3n) is 5.03. The molecule has 23 heavy (non-hydrogen) atoms. The smallest absolute Gasteiger partial charge is 0.0208 e. The van der Waals surface area contributed by atoms with Crippen LogP contribution in [0, 0.1) is 13.8 Å². The lowest BCUT2D eigenvalue weighted by Crippen LogP contribution is -2.32. The maximum atomic E-state index is 2.75. The van der Waals surface area contributed by atoms with Crippen molar-refractivity contribution >= 4 is 0 Å². The summed E-state index contributed by atoms with van der Waals surface area (Å²) in [6.45, 7) is 4.54. The fraction of sp³-hybridized carbons (Fsp3) is 0.455. The van der Waals surface area contributed by atoms with Crippen molar-refractivity contribution in [1.29, 1.82) is 0 Å². The predicted octanol–water partition coefficient (Wildman–Crippen LogP) is 5.39. The summed E-state index contributed by atoms with van der Waals surface area (Å²) in [5, 5.41) is 2.75. The monoisotopic (exact) mass is 309 g/mol. The highest BCUT2D eigenvalue weighted by atomic mass is 14.7. The third kappa shape index (κ3) is 3.84. The van der Waals surface area contributed by atoms with E-state index in [0.717, 1.165) is 0 Å². The fourth-order valence-electron chi connectivity index (χ4n) is 4.06. The normalized spacial score (nSPS) is 16.3. The van der Waals surface area contributed by atoms with Gasteiger partial charge in [-0.1, -0.05) is 67.8 Å². The molecule has 2 aromatic carbocycles. The van der Waals surface area contributed by atoms with E-state index in [1.807, 2.05) is 14.1 Å². The Morgan fingerprint density at radius 2 is 1.09 bits per heavy atom. The summed E-state index contributed by atoms with van der Waals surface area (Å²) in [5.74, 6) is 0. The molecule has 0 heterocycles. The van der Waals surface area contributed by atoms with E-state index in [1.54, 1.807) is 11.1 Å². The predicted molar refractivity (Wildman–Crippen MR) is 101 cm³/mol. The summed E-state index contributed by atoms with van der Waals surface area (Å²) in [4.78, 5) is 0. The number of hydrogen-bond acceptors (Lipinski definition) is 1. The van der Waals surface area contributed by atoms with Gasteiger partial charge in [-0.2, -0.15) is 0 Å². The Bertz CT molecular complexity index is 561. The second kappa shape index (κ2) is 8.31. The second-order valence-electron chi connectivity index (χ2n) is 6.77. The first-order valence-corrected chi connectivity index (χ1v) is 8.86. The van der Waals surface area contributed by atoms with Gasteiger partial charge in [0.25, 0.3) is 0 Å². The molecule has 0 aliphatic heterocycles. The molecule has 0 radical (unpaired) electrons. The molecule has 1 aliphatic rings. The maximum Gasteiger partial charge on any atom is 0.0208 e. The van der Waals surface area contributed by atoms with E-state index in [-0.39, 0.29) is 5.41 Å². The number of aryl methyl sites for hydroxylation is 2. The second-order valence-corrected chi connectivity index (χ2v) is 6.77. The quantitative estimate of drug-likeness (QED) is 0.784. The van der Waals surface area contributed by atoms with Gasteiger partial charge in [0.2, 0.25) is 0 Å². The molecule has 0 unspecified atom stereocenters. The summed E-state index contributed by atoms with van der Waals surface area (Å²) < 4.78 is 0. The first-order chi connectivity index (χ1) is 11.2. The van der Waals surface area contributed by atoms with Crippen molar-refractivity contribution in [2.45, 2.75) is 51.4 Å². The van der Waals surface area contributed by atoms with Crippen LogP contribution in [0.25, 0.3) is 0 Å². The molecule has 1 N–H and O–H groups in total. The van der Waals surface area contributed by atoms with Gasteiger partial charge in [0.15, 0.2) is 0 Å². The van der Waals surface area contributed by atoms with E-state index in [0.29, 0.717) is 0 Å². The van der Waals surface area contributed by atoms with Crippen LogP contribution in [0.4, 0.5) is 0 Å². The zero-order valence-corrected chi connectivity index (χ0v) is 15.2. The van der Waals surface area contributed by atoms with Crippen LogP contribution in [0.5, 0.6) is 0 Å². The lowest BCUT2D eigenvalue weighted by molar-refractivity contribution is 0.343. The van der Waals surface area contributed by atoms with E-state index in [1.165, 1.54) is 43.2 Å². The molecule has 0 aromatic heterocycles. The van der Waals surface area contributed by atoms with E-state index < -0.39 is 0 Å². The zero-order valence-electron chi connectivity index (χ0n) is 15.2. The highest BCUT2D eigenvalue weighted by molar-refractivity contribution is 5.46. The standard InChI is InChI=1S/C20H24.C2H7N/c1-16-10-4-6-12-18(16)20(14-8-3-9-15-20)19-13-7-5-11-17(19)2;1-3-2/h4-7,10-13H,3,8-9,14-15H2,1-2H3;3H,1-2H3. The van der Waals surface area contributed by atoms with Crippen molar-refractivity contribution in [1.82, 2.24) is 5.32 Å². The molecule has 0 spiro atoms. The van der Waals surface area contributed by atoms with Crippen LogP contribution in [0.1, 0.15) is 54.4 Å². The van der Waals surface area contributed by atoms with Crippen molar-refractivity contribution in [2.75, 3.05) is 14.1 Å². The van der Waals surface area contributed by atoms with Gasteiger partial charge in [-0.15, -0.1) is 0 Å². The Hall–Kier alpha value is -1.60. The minimum atomic E-state index is 0.245. The zero-order chi connectivity index (χ0) is 16.7. The van der Waals surface area contributed by atoms with Crippen LogP contribution in [-0.2, 0) is 5.41 Å². The first kappa shape index (κ1) is 17.7. The fourth-order valence-corrected chi connectivity index (χ4v) is 4.06. The lowest BCUT2D eigenvalue weighted by Gasteiger charge is -2.40. The minimum absolute atomic E-state index is 0.245. The summed E-state index contributed by atoms with van der Waals surface area (Å²) in [6.07, 6.45) is 6.68. The van der Waals surface area contributed by atoms with E-state index >= 15 is 0 Å². The summed E-state index contributed by atoms with van der Waals surface area (Å²) in [5.41, 5.74) is 6.23. The summed E-state index contributed by atoms with van der Waals surface area (Å²) in [6, 6.07) is 18.0. The SMILES string of the molecule is CNC.Cc1ccccc1C1(c2ccccc2C)CCCCC1. The molecular formula is C22H31N. The van der Waals surface area contributed by atoms with Crippen molar-refractivity contribution in [2.24, 2.45) is 0 Å². The molecule has 2 aromatic rings. The van der Waals surface area contributed by atoms with Gasteiger partial charge in [0.1, 0.15) is 0 Å². The Kier molecular flexibility index (Phi) is 6.41. The molecule has 1 aliphatic carbocycles. The summed E-state index contributed by atoms with van der Waals surface area (Å²) in [7, 11) is 3.75. The van der Waals surface area contributed by atoms with Crippen molar-refractivity contribution < 1.29 is 0 Å². The van der Waals surface area contributed by atoms with Crippen LogP contribution in [-0.4, -0.2) is 14.1 Å². The number of nitrogens with one attached hydrogen (secondary N) is 1. The van der Waals surface area contributed by atoms with Gasteiger partial charge in [-0.25, -0.2) is 0 Å². The molecule has 0 bridgehead atoms. The van der Waals surface area contributed by atoms with Crippen molar-refractivity contribution in [3.8, 4) is 0 Å². The van der Waals surface area contributed by atoms with Crippen LogP contribution >= 0.6 is 0 Å². The van der Waals surface area contributed by atoms with Crippen LogP contribution < -0.4 is 5.32 Å². The van der Waals surface area contributed by atoms with Gasteiger partial charge in [-0.3, -0.25) is 0 Å². The largest absolute Gasteiger partial charge is 0.323 e. The van der Waals surface area contributed by atoms with E-state index in [4.69, 9.17) is 0 Å². The molecule has 0 atom stereocenters. The average molecular weight is 309 g/mol. The van der Waals surface area contributed by atoms with Crippen LogP contribution in [0.2, 0.25) is 0 Å². The molecule has 1 fully saturated rings. The van der Waals surface area contributed by atoms with Crippen molar-refractivity contribution in [3.63, 3.8) is 0 Å². The van der Waals surface area contributed by atoms with Gasteiger partial charge < -0.3 is 5.32 Å².